The Bertz CT molecular complexity index is 529. The number of halogens is 3. The molecule has 0 atom stereocenters. The first kappa shape index (κ1) is 12.2. The highest BCUT2D eigenvalue weighted by Gasteiger charge is 2.01. The van der Waals surface area contributed by atoms with Gasteiger partial charge in [-0.1, -0.05) is 35.3 Å². The standard InChI is InChI=1S/C13H10Cl2FN/c14-10-3-1-2-9(6-10)8-17-11-4-5-12(15)13(16)7-11/h1-7,17H,8H2. The molecule has 0 bridgehead atoms. The Hall–Kier alpha value is -1.25. The van der Waals surface area contributed by atoms with Crippen LogP contribution in [0.5, 0.6) is 0 Å². The maximum Gasteiger partial charge on any atom is 0.143 e. The summed E-state index contributed by atoms with van der Waals surface area (Å²) >= 11 is 11.5. The topological polar surface area (TPSA) is 12.0 Å². The van der Waals surface area contributed by atoms with Gasteiger partial charge < -0.3 is 5.32 Å². The zero-order valence-corrected chi connectivity index (χ0v) is 10.4. The molecule has 0 spiro atoms. The molecule has 0 radical (unpaired) electrons. The maximum atomic E-state index is 13.2. The highest BCUT2D eigenvalue weighted by molar-refractivity contribution is 6.31. The molecule has 2 aromatic carbocycles. The van der Waals surface area contributed by atoms with Gasteiger partial charge in [-0.05, 0) is 35.9 Å². The Labute approximate surface area is 109 Å². The quantitative estimate of drug-likeness (QED) is 0.849. The molecule has 0 amide bonds. The summed E-state index contributed by atoms with van der Waals surface area (Å²) in [5.74, 6) is -0.428. The summed E-state index contributed by atoms with van der Waals surface area (Å²) in [6.45, 7) is 0.585. The van der Waals surface area contributed by atoms with Gasteiger partial charge in [-0.15, -0.1) is 0 Å². The predicted octanol–water partition coefficient (Wildman–Crippen LogP) is 4.74. The van der Waals surface area contributed by atoms with Crippen molar-refractivity contribution < 1.29 is 4.39 Å². The van der Waals surface area contributed by atoms with Gasteiger partial charge in [-0.3, -0.25) is 0 Å². The normalized spacial score (nSPS) is 10.3. The zero-order valence-electron chi connectivity index (χ0n) is 8.88. The van der Waals surface area contributed by atoms with Gasteiger partial charge in [0, 0.05) is 17.3 Å². The van der Waals surface area contributed by atoms with E-state index in [4.69, 9.17) is 23.2 Å². The van der Waals surface area contributed by atoms with Gasteiger partial charge in [0.15, 0.2) is 0 Å². The van der Waals surface area contributed by atoms with Crippen molar-refractivity contribution in [2.45, 2.75) is 6.54 Å². The van der Waals surface area contributed by atoms with E-state index < -0.39 is 5.82 Å². The lowest BCUT2D eigenvalue weighted by atomic mass is 10.2. The second-order valence-corrected chi connectivity index (χ2v) is 4.46. The van der Waals surface area contributed by atoms with Gasteiger partial charge in [0.1, 0.15) is 5.82 Å². The van der Waals surface area contributed by atoms with Crippen LogP contribution in [0.3, 0.4) is 0 Å². The first-order valence-corrected chi connectivity index (χ1v) is 5.84. The van der Waals surface area contributed by atoms with Gasteiger partial charge in [-0.25, -0.2) is 4.39 Å². The monoisotopic (exact) mass is 269 g/mol. The fourth-order valence-corrected chi connectivity index (χ4v) is 1.79. The lowest BCUT2D eigenvalue weighted by Crippen LogP contribution is -1.99. The van der Waals surface area contributed by atoms with Crippen molar-refractivity contribution in [2.75, 3.05) is 5.32 Å². The molecule has 17 heavy (non-hydrogen) atoms. The lowest BCUT2D eigenvalue weighted by molar-refractivity contribution is 0.628. The smallest absolute Gasteiger partial charge is 0.143 e. The van der Waals surface area contributed by atoms with E-state index in [1.165, 1.54) is 12.1 Å². The lowest BCUT2D eigenvalue weighted by Gasteiger charge is -2.07. The third kappa shape index (κ3) is 3.35. The van der Waals surface area contributed by atoms with Crippen LogP contribution in [0.4, 0.5) is 10.1 Å². The Kier molecular flexibility index (Phi) is 3.87. The second-order valence-electron chi connectivity index (χ2n) is 3.61. The number of benzene rings is 2. The Morgan fingerprint density at radius 1 is 1.06 bits per heavy atom. The van der Waals surface area contributed by atoms with Crippen LogP contribution in [0.15, 0.2) is 42.5 Å². The zero-order chi connectivity index (χ0) is 12.3. The molecular formula is C13H10Cl2FN. The fraction of sp³-hybridized carbons (Fsp3) is 0.0769. The highest BCUT2D eigenvalue weighted by Crippen LogP contribution is 2.19. The van der Waals surface area contributed by atoms with Crippen molar-refractivity contribution in [1.82, 2.24) is 0 Å². The van der Waals surface area contributed by atoms with E-state index in [9.17, 15) is 4.39 Å². The van der Waals surface area contributed by atoms with Crippen LogP contribution in [0.1, 0.15) is 5.56 Å². The molecule has 2 rings (SSSR count). The van der Waals surface area contributed by atoms with Crippen LogP contribution >= 0.6 is 23.2 Å². The van der Waals surface area contributed by atoms with Crippen molar-refractivity contribution >= 4 is 28.9 Å². The number of rotatable bonds is 3. The minimum absolute atomic E-state index is 0.123. The van der Waals surface area contributed by atoms with Crippen LogP contribution in [-0.4, -0.2) is 0 Å². The molecule has 0 unspecified atom stereocenters. The number of nitrogens with one attached hydrogen (secondary N) is 1. The van der Waals surface area contributed by atoms with Crippen LogP contribution < -0.4 is 5.32 Å². The van der Waals surface area contributed by atoms with Crippen molar-refractivity contribution in [2.24, 2.45) is 0 Å². The minimum atomic E-state index is -0.428. The first-order valence-electron chi connectivity index (χ1n) is 5.08. The SMILES string of the molecule is Fc1cc(NCc2cccc(Cl)c2)ccc1Cl. The van der Waals surface area contributed by atoms with Crippen molar-refractivity contribution in [3.63, 3.8) is 0 Å². The van der Waals surface area contributed by atoms with Crippen molar-refractivity contribution in [3.05, 3.63) is 63.9 Å². The summed E-state index contributed by atoms with van der Waals surface area (Å²) in [5.41, 5.74) is 1.72. The maximum absolute atomic E-state index is 13.2. The van der Waals surface area contributed by atoms with E-state index in [2.05, 4.69) is 5.32 Å². The van der Waals surface area contributed by atoms with Gasteiger partial charge >= 0.3 is 0 Å². The molecule has 0 aliphatic carbocycles. The molecule has 0 saturated heterocycles. The minimum Gasteiger partial charge on any atom is -0.381 e. The Morgan fingerprint density at radius 3 is 2.59 bits per heavy atom. The number of hydrogen-bond acceptors (Lipinski definition) is 1. The van der Waals surface area contributed by atoms with Crippen LogP contribution in [0.25, 0.3) is 0 Å². The Morgan fingerprint density at radius 2 is 1.88 bits per heavy atom. The molecule has 88 valence electrons. The van der Waals surface area contributed by atoms with Crippen LogP contribution in [0, 0.1) is 5.82 Å². The summed E-state index contributed by atoms with van der Waals surface area (Å²) in [6.07, 6.45) is 0. The van der Waals surface area contributed by atoms with Crippen molar-refractivity contribution in [1.29, 1.82) is 0 Å². The van der Waals surface area contributed by atoms with Gasteiger partial charge in [0.05, 0.1) is 5.02 Å². The highest BCUT2D eigenvalue weighted by atomic mass is 35.5. The van der Waals surface area contributed by atoms with E-state index in [1.807, 2.05) is 24.3 Å². The summed E-state index contributed by atoms with van der Waals surface area (Å²) in [6, 6.07) is 12.1. The molecule has 1 nitrogen and oxygen atoms in total. The molecule has 0 heterocycles. The molecule has 0 aliphatic heterocycles. The molecule has 0 saturated carbocycles. The second kappa shape index (κ2) is 5.39. The summed E-state index contributed by atoms with van der Waals surface area (Å²) in [4.78, 5) is 0. The van der Waals surface area contributed by atoms with E-state index in [0.717, 1.165) is 5.56 Å². The van der Waals surface area contributed by atoms with E-state index >= 15 is 0 Å². The van der Waals surface area contributed by atoms with Gasteiger partial charge in [-0.2, -0.15) is 0 Å². The van der Waals surface area contributed by atoms with Gasteiger partial charge in [0.2, 0.25) is 0 Å². The Balaban J connectivity index is 2.05. The third-order valence-corrected chi connectivity index (χ3v) is 2.85. The molecule has 0 fully saturated rings. The number of anilines is 1. The first-order chi connectivity index (χ1) is 8.15. The van der Waals surface area contributed by atoms with E-state index in [0.29, 0.717) is 17.3 Å². The van der Waals surface area contributed by atoms with Crippen LogP contribution in [0.2, 0.25) is 10.0 Å². The molecule has 0 aromatic heterocycles. The summed E-state index contributed by atoms with van der Waals surface area (Å²) in [7, 11) is 0. The van der Waals surface area contributed by atoms with Crippen molar-refractivity contribution in [3.8, 4) is 0 Å². The molecule has 0 aliphatic rings. The fourth-order valence-electron chi connectivity index (χ4n) is 1.46. The molecule has 2 aromatic rings. The third-order valence-electron chi connectivity index (χ3n) is 2.31. The summed E-state index contributed by atoms with van der Waals surface area (Å²) < 4.78 is 13.2. The average molecular weight is 270 g/mol. The van der Waals surface area contributed by atoms with Crippen LogP contribution in [-0.2, 0) is 6.54 Å². The largest absolute Gasteiger partial charge is 0.381 e. The van der Waals surface area contributed by atoms with E-state index in [-0.39, 0.29) is 5.02 Å². The number of hydrogen-bond donors (Lipinski definition) is 1. The summed E-state index contributed by atoms with van der Waals surface area (Å²) in [5, 5.41) is 3.91. The van der Waals surface area contributed by atoms with E-state index in [1.54, 1.807) is 6.07 Å². The van der Waals surface area contributed by atoms with Gasteiger partial charge in [0.25, 0.3) is 0 Å². The molecular weight excluding hydrogens is 260 g/mol. The average Bonchev–Trinajstić information content (AvgIpc) is 2.31. The molecule has 4 heteroatoms. The predicted molar refractivity (Wildman–Crippen MR) is 70.2 cm³/mol. The molecule has 1 N–H and O–H groups in total.